The number of nitrogens with zero attached hydrogens (tertiary/aromatic N) is 4. The molecule has 20 heavy (non-hydrogen) atoms. The molecule has 0 unspecified atom stereocenters. The minimum atomic E-state index is 0.632. The Kier molecular flexibility index (Phi) is 3.66. The lowest BCUT2D eigenvalue weighted by atomic mass is 10.2. The topological polar surface area (TPSA) is 56.2 Å². The molecular formula is C13H8BrClN4O. The molecule has 0 saturated heterocycles. The Morgan fingerprint density at radius 3 is 2.75 bits per heavy atom. The van der Waals surface area contributed by atoms with E-state index in [0.29, 0.717) is 10.8 Å². The summed E-state index contributed by atoms with van der Waals surface area (Å²) in [7, 11) is 0. The first-order valence-electron chi connectivity index (χ1n) is 5.66. The Hall–Kier alpha value is -1.92. The fraction of sp³-hybridized carbons (Fsp3) is 0. The number of rotatable bonds is 3. The normalized spacial score (nSPS) is 11.3. The Labute approximate surface area is 128 Å². The molecule has 7 heteroatoms. The maximum absolute atomic E-state index is 6.07. The smallest absolute Gasteiger partial charge is 0.147 e. The lowest BCUT2D eigenvalue weighted by Crippen LogP contribution is -1.84. The maximum Gasteiger partial charge on any atom is 0.147 e. The first kappa shape index (κ1) is 13.1. The van der Waals surface area contributed by atoms with E-state index in [-0.39, 0.29) is 0 Å². The van der Waals surface area contributed by atoms with Gasteiger partial charge in [0.05, 0.1) is 11.2 Å². The number of furan rings is 1. The second-order valence-electron chi connectivity index (χ2n) is 3.92. The summed E-state index contributed by atoms with van der Waals surface area (Å²) in [6.45, 7) is 0. The van der Waals surface area contributed by atoms with Crippen molar-refractivity contribution in [1.29, 1.82) is 0 Å². The van der Waals surface area contributed by atoms with Crippen LogP contribution >= 0.6 is 27.5 Å². The largest absolute Gasteiger partial charge is 0.455 e. The van der Waals surface area contributed by atoms with Crippen LogP contribution < -0.4 is 0 Å². The van der Waals surface area contributed by atoms with E-state index in [0.717, 1.165) is 15.8 Å². The van der Waals surface area contributed by atoms with Crippen molar-refractivity contribution in [3.63, 3.8) is 0 Å². The van der Waals surface area contributed by atoms with Gasteiger partial charge in [-0.3, -0.25) is 0 Å². The molecule has 0 fully saturated rings. The molecule has 3 aromatic rings. The van der Waals surface area contributed by atoms with Crippen LogP contribution in [0.4, 0.5) is 0 Å². The first-order chi connectivity index (χ1) is 9.72. The van der Waals surface area contributed by atoms with Crippen molar-refractivity contribution in [1.82, 2.24) is 14.9 Å². The first-order valence-corrected chi connectivity index (χ1v) is 6.84. The van der Waals surface area contributed by atoms with E-state index in [2.05, 4.69) is 31.2 Å². The second kappa shape index (κ2) is 5.60. The van der Waals surface area contributed by atoms with Crippen LogP contribution in [0.2, 0.25) is 5.02 Å². The molecule has 0 spiro atoms. The van der Waals surface area contributed by atoms with Crippen LogP contribution in [0.1, 0.15) is 5.76 Å². The Balaban J connectivity index is 1.84. The molecule has 2 heterocycles. The van der Waals surface area contributed by atoms with E-state index >= 15 is 0 Å². The highest BCUT2D eigenvalue weighted by molar-refractivity contribution is 9.10. The molecule has 2 aromatic heterocycles. The van der Waals surface area contributed by atoms with Gasteiger partial charge in [0.25, 0.3) is 0 Å². The Morgan fingerprint density at radius 2 is 2.00 bits per heavy atom. The van der Waals surface area contributed by atoms with E-state index < -0.39 is 0 Å². The van der Waals surface area contributed by atoms with Crippen molar-refractivity contribution >= 4 is 33.7 Å². The van der Waals surface area contributed by atoms with Gasteiger partial charge in [0.1, 0.15) is 24.2 Å². The zero-order valence-electron chi connectivity index (χ0n) is 10.1. The maximum atomic E-state index is 6.07. The van der Waals surface area contributed by atoms with Crippen LogP contribution in [0.5, 0.6) is 0 Å². The molecule has 0 bridgehead atoms. The summed E-state index contributed by atoms with van der Waals surface area (Å²) in [6, 6.07) is 9.35. The number of benzene rings is 1. The Bertz CT molecular complexity index is 752. The standard InChI is InChI=1S/C13H8BrClN4O/c14-11-3-1-9(5-12(11)15)13-4-2-10(20-13)6-18-19-7-16-17-8-19/h1-8H/b18-6-. The van der Waals surface area contributed by atoms with E-state index in [1.807, 2.05) is 30.3 Å². The van der Waals surface area contributed by atoms with Gasteiger partial charge in [-0.15, -0.1) is 10.2 Å². The number of hydrogen-bond acceptors (Lipinski definition) is 4. The van der Waals surface area contributed by atoms with Crippen LogP contribution in [-0.2, 0) is 0 Å². The minimum absolute atomic E-state index is 0.632. The summed E-state index contributed by atoms with van der Waals surface area (Å²) < 4.78 is 8.02. The molecule has 0 aliphatic rings. The van der Waals surface area contributed by atoms with Crippen LogP contribution in [0.25, 0.3) is 11.3 Å². The average Bonchev–Trinajstić information content (AvgIpc) is 3.10. The number of hydrogen-bond donors (Lipinski definition) is 0. The monoisotopic (exact) mass is 350 g/mol. The zero-order chi connectivity index (χ0) is 13.9. The van der Waals surface area contributed by atoms with Gasteiger partial charge in [-0.2, -0.15) is 5.10 Å². The summed E-state index contributed by atoms with van der Waals surface area (Å²) in [5.41, 5.74) is 0.905. The molecule has 1 aromatic carbocycles. The second-order valence-corrected chi connectivity index (χ2v) is 5.18. The number of aromatic nitrogens is 3. The lowest BCUT2D eigenvalue weighted by Gasteiger charge is -1.99. The van der Waals surface area contributed by atoms with Gasteiger partial charge in [-0.25, -0.2) is 4.68 Å². The number of halogens is 2. The molecule has 3 rings (SSSR count). The molecule has 0 aliphatic heterocycles. The molecule has 0 atom stereocenters. The van der Waals surface area contributed by atoms with Gasteiger partial charge in [-0.05, 0) is 40.2 Å². The van der Waals surface area contributed by atoms with Crippen molar-refractivity contribution in [2.24, 2.45) is 5.10 Å². The fourth-order valence-corrected chi connectivity index (χ4v) is 2.03. The Morgan fingerprint density at radius 1 is 1.20 bits per heavy atom. The highest BCUT2D eigenvalue weighted by Gasteiger charge is 2.06. The van der Waals surface area contributed by atoms with Crippen molar-refractivity contribution in [2.75, 3.05) is 0 Å². The summed E-state index contributed by atoms with van der Waals surface area (Å²) in [5, 5.41) is 12.1. The van der Waals surface area contributed by atoms with Gasteiger partial charge in [0.15, 0.2) is 0 Å². The van der Waals surface area contributed by atoms with E-state index in [4.69, 9.17) is 16.0 Å². The summed E-state index contributed by atoms with van der Waals surface area (Å²) >= 11 is 9.42. The summed E-state index contributed by atoms with van der Waals surface area (Å²) in [5.74, 6) is 1.36. The average molecular weight is 352 g/mol. The van der Waals surface area contributed by atoms with Crippen LogP contribution in [0.3, 0.4) is 0 Å². The van der Waals surface area contributed by atoms with Crippen molar-refractivity contribution < 1.29 is 4.42 Å². The summed E-state index contributed by atoms with van der Waals surface area (Å²) in [4.78, 5) is 0. The molecular weight excluding hydrogens is 344 g/mol. The summed E-state index contributed by atoms with van der Waals surface area (Å²) in [6.07, 6.45) is 4.58. The van der Waals surface area contributed by atoms with Gasteiger partial charge in [-0.1, -0.05) is 17.7 Å². The van der Waals surface area contributed by atoms with E-state index in [1.165, 1.54) is 17.3 Å². The lowest BCUT2D eigenvalue weighted by molar-refractivity contribution is 0.574. The van der Waals surface area contributed by atoms with Gasteiger partial charge in [0.2, 0.25) is 0 Å². The van der Waals surface area contributed by atoms with Crippen molar-refractivity contribution in [3.05, 3.63) is 58.2 Å². The molecule has 100 valence electrons. The predicted octanol–water partition coefficient (Wildman–Crippen LogP) is 3.84. The third-order valence-corrected chi connectivity index (χ3v) is 3.79. The molecule has 0 aliphatic carbocycles. The molecule has 5 nitrogen and oxygen atoms in total. The van der Waals surface area contributed by atoms with Crippen LogP contribution in [0, 0.1) is 0 Å². The van der Waals surface area contributed by atoms with Gasteiger partial charge >= 0.3 is 0 Å². The van der Waals surface area contributed by atoms with E-state index in [9.17, 15) is 0 Å². The van der Waals surface area contributed by atoms with Gasteiger partial charge < -0.3 is 4.42 Å². The third kappa shape index (κ3) is 2.81. The third-order valence-electron chi connectivity index (χ3n) is 2.56. The van der Waals surface area contributed by atoms with Crippen molar-refractivity contribution in [3.8, 4) is 11.3 Å². The predicted molar refractivity (Wildman–Crippen MR) is 79.9 cm³/mol. The molecule has 0 radical (unpaired) electrons. The fourth-order valence-electron chi connectivity index (χ4n) is 1.61. The zero-order valence-corrected chi connectivity index (χ0v) is 12.4. The SMILES string of the molecule is Clc1cc(-c2ccc(/C=N\n3cnnc3)o2)ccc1Br. The minimum Gasteiger partial charge on any atom is -0.455 e. The van der Waals surface area contributed by atoms with Gasteiger partial charge in [0, 0.05) is 10.0 Å². The van der Waals surface area contributed by atoms with Crippen molar-refractivity contribution in [2.45, 2.75) is 0 Å². The molecule has 0 saturated carbocycles. The quantitative estimate of drug-likeness (QED) is 0.674. The highest BCUT2D eigenvalue weighted by Crippen LogP contribution is 2.29. The van der Waals surface area contributed by atoms with Crippen LogP contribution in [0.15, 0.2) is 57.0 Å². The van der Waals surface area contributed by atoms with Crippen LogP contribution in [-0.4, -0.2) is 21.1 Å². The molecule has 0 N–H and O–H groups in total. The molecule has 0 amide bonds. The van der Waals surface area contributed by atoms with E-state index in [1.54, 1.807) is 6.21 Å². The highest BCUT2D eigenvalue weighted by atomic mass is 79.9.